The minimum absolute atomic E-state index is 0.144. The van der Waals surface area contributed by atoms with E-state index in [1.807, 2.05) is 30.3 Å². The van der Waals surface area contributed by atoms with Gasteiger partial charge in [0.25, 0.3) is 5.91 Å². The number of carbonyl (C=O) groups excluding carboxylic acids is 1. The van der Waals surface area contributed by atoms with Crippen molar-refractivity contribution in [2.75, 3.05) is 32.1 Å². The van der Waals surface area contributed by atoms with Gasteiger partial charge in [-0.2, -0.15) is 0 Å². The average molecular weight is 395 g/mol. The predicted molar refractivity (Wildman–Crippen MR) is 115 cm³/mol. The number of carbonyl (C=O) groups is 1. The summed E-state index contributed by atoms with van der Waals surface area (Å²) in [4.78, 5) is 21.2. The van der Waals surface area contributed by atoms with Crippen LogP contribution in [0.5, 0.6) is 0 Å². The number of hydrogen-bond donors (Lipinski definition) is 1. The van der Waals surface area contributed by atoms with Gasteiger partial charge in [-0.15, -0.1) is 0 Å². The largest absolute Gasteiger partial charge is 0.451 e. The third-order valence-corrected chi connectivity index (χ3v) is 5.86. The molecule has 144 valence electrons. The monoisotopic (exact) mass is 394 g/mol. The van der Waals surface area contributed by atoms with E-state index in [0.29, 0.717) is 12.3 Å². The van der Waals surface area contributed by atoms with E-state index in [1.165, 1.54) is 10.5 Å². The molecule has 0 bridgehead atoms. The van der Waals surface area contributed by atoms with Gasteiger partial charge in [0.1, 0.15) is 5.58 Å². The minimum Gasteiger partial charge on any atom is -0.451 e. The standard InChI is InChI=1S/C22H23N3O2S/c1-4-15-9-7-11-19-20(15)23-22(28-19)25(13-12-24(2)3)21(26)18-14-16-8-5-6-10-17(16)27-18/h5-11,14H,4,12-13H2,1-3H3/p+1. The van der Waals surface area contributed by atoms with Crippen LogP contribution in [-0.4, -0.2) is 38.1 Å². The Morgan fingerprint density at radius 1 is 1.18 bits per heavy atom. The second-order valence-electron chi connectivity index (χ2n) is 7.18. The van der Waals surface area contributed by atoms with Gasteiger partial charge in [0.15, 0.2) is 10.9 Å². The van der Waals surface area contributed by atoms with E-state index < -0.39 is 0 Å². The van der Waals surface area contributed by atoms with Crippen LogP contribution in [0.3, 0.4) is 0 Å². The van der Waals surface area contributed by atoms with Crippen molar-refractivity contribution in [3.8, 4) is 0 Å². The number of para-hydroxylation sites is 2. The number of amides is 1. The number of thiazole rings is 1. The smallest absolute Gasteiger partial charge is 0.296 e. The van der Waals surface area contributed by atoms with Crippen LogP contribution in [0.15, 0.2) is 52.9 Å². The minimum atomic E-state index is -0.144. The number of fused-ring (bicyclic) bond motifs is 2. The van der Waals surface area contributed by atoms with Gasteiger partial charge in [0, 0.05) is 5.39 Å². The van der Waals surface area contributed by atoms with E-state index >= 15 is 0 Å². The fourth-order valence-corrected chi connectivity index (χ4v) is 4.27. The highest BCUT2D eigenvalue weighted by Crippen LogP contribution is 2.32. The first-order valence-electron chi connectivity index (χ1n) is 9.54. The van der Waals surface area contributed by atoms with E-state index in [0.717, 1.165) is 39.3 Å². The summed E-state index contributed by atoms with van der Waals surface area (Å²) in [5, 5.41) is 1.66. The van der Waals surface area contributed by atoms with Crippen LogP contribution in [0.1, 0.15) is 23.0 Å². The van der Waals surface area contributed by atoms with Crippen LogP contribution in [-0.2, 0) is 6.42 Å². The summed E-state index contributed by atoms with van der Waals surface area (Å²) >= 11 is 1.56. The topological polar surface area (TPSA) is 50.8 Å². The molecule has 2 aromatic carbocycles. The quantitative estimate of drug-likeness (QED) is 0.545. The molecule has 2 aromatic heterocycles. The molecular weight excluding hydrogens is 370 g/mol. The molecule has 0 saturated heterocycles. The van der Waals surface area contributed by atoms with Gasteiger partial charge in [-0.25, -0.2) is 4.98 Å². The highest BCUT2D eigenvalue weighted by Gasteiger charge is 2.25. The van der Waals surface area contributed by atoms with Crippen molar-refractivity contribution in [3.05, 3.63) is 59.9 Å². The maximum absolute atomic E-state index is 13.3. The predicted octanol–water partition coefficient (Wildman–Crippen LogP) is 3.40. The zero-order valence-electron chi connectivity index (χ0n) is 16.4. The highest BCUT2D eigenvalue weighted by molar-refractivity contribution is 7.22. The molecule has 4 aromatic rings. The summed E-state index contributed by atoms with van der Waals surface area (Å²) in [5.41, 5.74) is 2.92. The number of rotatable bonds is 6. The lowest BCUT2D eigenvalue weighted by Gasteiger charge is -2.19. The summed E-state index contributed by atoms with van der Waals surface area (Å²) in [7, 11) is 4.16. The van der Waals surface area contributed by atoms with Crippen molar-refractivity contribution in [3.63, 3.8) is 0 Å². The van der Waals surface area contributed by atoms with Gasteiger partial charge >= 0.3 is 0 Å². The summed E-state index contributed by atoms with van der Waals surface area (Å²) in [6.07, 6.45) is 0.917. The van der Waals surface area contributed by atoms with Crippen molar-refractivity contribution in [1.82, 2.24) is 4.98 Å². The van der Waals surface area contributed by atoms with E-state index in [4.69, 9.17) is 9.40 Å². The molecule has 4 rings (SSSR count). The first kappa shape index (κ1) is 18.7. The van der Waals surface area contributed by atoms with Gasteiger partial charge in [-0.05, 0) is 30.2 Å². The van der Waals surface area contributed by atoms with Crippen molar-refractivity contribution in [2.45, 2.75) is 13.3 Å². The number of furan rings is 1. The molecule has 0 atom stereocenters. The maximum atomic E-state index is 13.3. The molecule has 0 radical (unpaired) electrons. The van der Waals surface area contributed by atoms with Gasteiger partial charge in [-0.3, -0.25) is 9.69 Å². The third-order valence-electron chi connectivity index (χ3n) is 4.82. The lowest BCUT2D eigenvalue weighted by molar-refractivity contribution is -0.856. The number of anilines is 1. The molecule has 0 spiro atoms. The van der Waals surface area contributed by atoms with Gasteiger partial charge in [-0.1, -0.05) is 48.6 Å². The Morgan fingerprint density at radius 2 is 2.00 bits per heavy atom. The van der Waals surface area contributed by atoms with Crippen LogP contribution in [0, 0.1) is 0 Å². The summed E-state index contributed by atoms with van der Waals surface area (Å²) in [6, 6.07) is 15.7. The Bertz CT molecular complexity index is 1100. The molecule has 0 aliphatic carbocycles. The highest BCUT2D eigenvalue weighted by atomic mass is 32.1. The summed E-state index contributed by atoms with van der Waals surface area (Å²) in [5.74, 6) is 0.208. The van der Waals surface area contributed by atoms with Crippen LogP contribution >= 0.6 is 11.3 Å². The number of nitrogens with zero attached hydrogens (tertiary/aromatic N) is 2. The van der Waals surface area contributed by atoms with Crippen LogP contribution in [0.4, 0.5) is 5.13 Å². The SMILES string of the molecule is CCc1cccc2sc(N(CC[NH+](C)C)C(=O)c3cc4ccccc4o3)nc12. The van der Waals surface area contributed by atoms with Crippen molar-refractivity contribution < 1.29 is 14.1 Å². The zero-order valence-corrected chi connectivity index (χ0v) is 17.2. The average Bonchev–Trinajstić information content (AvgIpc) is 3.31. The molecule has 1 N–H and O–H groups in total. The van der Waals surface area contributed by atoms with E-state index in [2.05, 4.69) is 39.2 Å². The number of nitrogens with one attached hydrogen (secondary N) is 1. The van der Waals surface area contributed by atoms with Crippen molar-refractivity contribution in [2.24, 2.45) is 0 Å². The van der Waals surface area contributed by atoms with Gasteiger partial charge < -0.3 is 9.32 Å². The molecule has 1 amide bonds. The Labute approximate surface area is 168 Å². The molecule has 0 aliphatic heterocycles. The number of quaternary nitrogens is 1. The van der Waals surface area contributed by atoms with Crippen molar-refractivity contribution in [1.29, 1.82) is 0 Å². The molecule has 2 heterocycles. The van der Waals surface area contributed by atoms with Gasteiger partial charge in [0.05, 0.1) is 37.4 Å². The molecule has 0 aliphatic rings. The number of aromatic nitrogens is 1. The van der Waals surface area contributed by atoms with Gasteiger partial charge in [0.2, 0.25) is 0 Å². The van der Waals surface area contributed by atoms with Crippen LogP contribution in [0.2, 0.25) is 0 Å². The third kappa shape index (κ3) is 3.53. The maximum Gasteiger partial charge on any atom is 0.296 e. The Hall–Kier alpha value is -2.70. The number of benzene rings is 2. The second-order valence-corrected chi connectivity index (χ2v) is 8.19. The Balaban J connectivity index is 1.75. The Kier molecular flexibility index (Phi) is 5.15. The van der Waals surface area contributed by atoms with Crippen LogP contribution < -0.4 is 9.80 Å². The molecular formula is C22H24N3O2S+. The number of aryl methyl sites for hydroxylation is 1. The number of hydrogen-bond acceptors (Lipinski definition) is 4. The molecule has 28 heavy (non-hydrogen) atoms. The summed E-state index contributed by atoms with van der Waals surface area (Å²) in [6.45, 7) is 3.53. The molecule has 0 unspecified atom stereocenters. The fourth-order valence-electron chi connectivity index (χ4n) is 3.23. The molecule has 5 nitrogen and oxygen atoms in total. The van der Waals surface area contributed by atoms with E-state index in [-0.39, 0.29) is 5.91 Å². The molecule has 0 fully saturated rings. The van der Waals surface area contributed by atoms with E-state index in [9.17, 15) is 4.79 Å². The first-order chi connectivity index (χ1) is 13.6. The zero-order chi connectivity index (χ0) is 19.7. The second kappa shape index (κ2) is 7.73. The normalized spacial score (nSPS) is 11.6. The number of likely N-dealkylation sites (N-methyl/N-ethyl adjacent to an activating group) is 1. The Morgan fingerprint density at radius 3 is 2.75 bits per heavy atom. The van der Waals surface area contributed by atoms with Crippen LogP contribution in [0.25, 0.3) is 21.2 Å². The lowest BCUT2D eigenvalue weighted by Crippen LogP contribution is -3.06. The summed E-state index contributed by atoms with van der Waals surface area (Å²) < 4.78 is 6.94. The first-order valence-corrected chi connectivity index (χ1v) is 10.4. The van der Waals surface area contributed by atoms with Crippen molar-refractivity contribution >= 4 is 43.6 Å². The lowest BCUT2D eigenvalue weighted by atomic mass is 10.1. The van der Waals surface area contributed by atoms with E-state index in [1.54, 1.807) is 16.2 Å². The molecule has 6 heteroatoms. The fraction of sp³-hybridized carbons (Fsp3) is 0.273. The molecule has 0 saturated carbocycles.